The molecule has 0 radical (unpaired) electrons. The van der Waals surface area contributed by atoms with Crippen LogP contribution in [0.15, 0.2) is 35.4 Å². The van der Waals surface area contributed by atoms with Crippen molar-refractivity contribution in [3.63, 3.8) is 0 Å². The van der Waals surface area contributed by atoms with Gasteiger partial charge in [-0.25, -0.2) is 9.48 Å². The van der Waals surface area contributed by atoms with Gasteiger partial charge < -0.3 is 10.2 Å². The summed E-state index contributed by atoms with van der Waals surface area (Å²) in [6, 6.07) is 5.08. The van der Waals surface area contributed by atoms with Crippen LogP contribution >= 0.6 is 0 Å². The number of nitrogens with zero attached hydrogens (tertiary/aromatic N) is 3. The van der Waals surface area contributed by atoms with Gasteiger partial charge in [0.2, 0.25) is 5.69 Å². The van der Waals surface area contributed by atoms with E-state index >= 15 is 0 Å². The van der Waals surface area contributed by atoms with E-state index in [0.717, 1.165) is 21.8 Å². The molecule has 2 heterocycles. The third-order valence-corrected chi connectivity index (χ3v) is 2.79. The molecule has 0 aliphatic rings. The molecule has 20 heavy (non-hydrogen) atoms. The maximum Gasteiger partial charge on any atom is 0.360 e. The molecule has 100 valence electrons. The van der Waals surface area contributed by atoms with Gasteiger partial charge in [0.05, 0.1) is 23.6 Å². The fraction of sp³-hybridized carbons (Fsp3) is 0. The fourth-order valence-corrected chi connectivity index (χ4v) is 1.82. The van der Waals surface area contributed by atoms with E-state index in [2.05, 4.69) is 15.3 Å². The minimum atomic E-state index is -1.50. The first-order valence-electron chi connectivity index (χ1n) is 5.56. The Morgan fingerprint density at radius 3 is 2.90 bits per heavy atom. The smallest absolute Gasteiger partial charge is 0.360 e. The molecule has 8 heteroatoms. The van der Waals surface area contributed by atoms with Crippen LogP contribution in [0, 0.1) is 0 Å². The topological polar surface area (TPSA) is 121 Å². The molecule has 3 aromatic rings. The molecule has 1 aromatic carbocycles. The third-order valence-electron chi connectivity index (χ3n) is 2.79. The van der Waals surface area contributed by atoms with E-state index < -0.39 is 22.8 Å². The van der Waals surface area contributed by atoms with Gasteiger partial charge in [-0.2, -0.15) is 10.2 Å². The number of carboxylic acid groups (broad SMARTS) is 1. The summed E-state index contributed by atoms with van der Waals surface area (Å²) in [7, 11) is 0. The fourth-order valence-electron chi connectivity index (χ4n) is 1.82. The number of aromatic amines is 1. The molecule has 0 saturated carbocycles. The lowest BCUT2D eigenvalue weighted by molar-refractivity contribution is 0.0686. The molecule has 0 unspecified atom stereocenters. The summed E-state index contributed by atoms with van der Waals surface area (Å²) in [4.78, 5) is 22.4. The van der Waals surface area contributed by atoms with E-state index in [1.54, 1.807) is 24.4 Å². The summed E-state index contributed by atoms with van der Waals surface area (Å²) >= 11 is 0. The Balaban J connectivity index is 2.23. The van der Waals surface area contributed by atoms with Crippen molar-refractivity contribution in [2.75, 3.05) is 0 Å². The van der Waals surface area contributed by atoms with Crippen molar-refractivity contribution in [3.8, 4) is 11.4 Å². The van der Waals surface area contributed by atoms with Crippen LogP contribution in [0.3, 0.4) is 0 Å². The largest absolute Gasteiger partial charge is 0.503 e. The number of rotatable bonds is 2. The highest BCUT2D eigenvalue weighted by Gasteiger charge is 2.16. The molecule has 0 aliphatic carbocycles. The summed E-state index contributed by atoms with van der Waals surface area (Å²) in [5.41, 5.74) is -0.454. The molecule has 3 N–H and O–H groups in total. The monoisotopic (exact) mass is 272 g/mol. The lowest BCUT2D eigenvalue weighted by atomic mass is 10.2. The Morgan fingerprint density at radius 2 is 2.15 bits per heavy atom. The number of fused-ring (bicyclic) bond motifs is 1. The van der Waals surface area contributed by atoms with Crippen LogP contribution in [0.5, 0.6) is 5.75 Å². The number of aromatic hydroxyl groups is 1. The normalized spacial score (nSPS) is 10.8. The van der Waals surface area contributed by atoms with Gasteiger partial charge in [0.1, 0.15) is 0 Å². The molecule has 0 bridgehead atoms. The highest BCUT2D eigenvalue weighted by Crippen LogP contribution is 2.16. The number of aromatic nitrogens is 4. The number of benzene rings is 1. The second kappa shape index (κ2) is 4.19. The molecule has 3 rings (SSSR count). The molecule has 0 saturated heterocycles. The number of nitrogens with one attached hydrogen (secondary N) is 1. The van der Waals surface area contributed by atoms with Crippen molar-refractivity contribution in [2.24, 2.45) is 0 Å². The quantitative estimate of drug-likeness (QED) is 0.625. The predicted molar refractivity (Wildman–Crippen MR) is 68.1 cm³/mol. The highest BCUT2D eigenvalue weighted by molar-refractivity contribution is 5.85. The zero-order valence-corrected chi connectivity index (χ0v) is 9.94. The minimum absolute atomic E-state index is 0.497. The van der Waals surface area contributed by atoms with E-state index in [1.165, 1.54) is 0 Å². The molecule has 0 atom stereocenters. The van der Waals surface area contributed by atoms with Crippen molar-refractivity contribution >= 4 is 16.9 Å². The molecule has 0 fully saturated rings. The first-order valence-corrected chi connectivity index (χ1v) is 5.56. The number of H-pyrrole nitrogens is 1. The van der Waals surface area contributed by atoms with E-state index in [-0.39, 0.29) is 0 Å². The van der Waals surface area contributed by atoms with Crippen LogP contribution < -0.4 is 5.43 Å². The average molecular weight is 272 g/mol. The Labute approximate surface area is 110 Å². The van der Waals surface area contributed by atoms with Gasteiger partial charge in [-0.3, -0.25) is 9.89 Å². The van der Waals surface area contributed by atoms with Gasteiger partial charge in [0.25, 0.3) is 5.43 Å². The summed E-state index contributed by atoms with van der Waals surface area (Å²) < 4.78 is 1.13. The van der Waals surface area contributed by atoms with Crippen LogP contribution in [0.4, 0.5) is 0 Å². The number of aromatic carboxylic acids is 1. The first kappa shape index (κ1) is 11.9. The summed E-state index contributed by atoms with van der Waals surface area (Å²) in [6.45, 7) is 0. The van der Waals surface area contributed by atoms with Crippen LogP contribution in [-0.2, 0) is 0 Å². The molecule has 2 aromatic heterocycles. The number of hydrogen-bond acceptors (Lipinski definition) is 5. The van der Waals surface area contributed by atoms with Gasteiger partial charge in [0.15, 0.2) is 5.75 Å². The second-order valence-corrected chi connectivity index (χ2v) is 4.08. The van der Waals surface area contributed by atoms with Gasteiger partial charge in [-0.05, 0) is 18.2 Å². The number of carbonyl (C=O) groups is 1. The average Bonchev–Trinajstić information content (AvgIpc) is 2.88. The summed E-state index contributed by atoms with van der Waals surface area (Å²) in [5, 5.41) is 29.5. The number of carboxylic acids is 1. The van der Waals surface area contributed by atoms with Crippen molar-refractivity contribution < 1.29 is 15.0 Å². The predicted octanol–water partition coefficient (Wildman–Crippen LogP) is 0.513. The molecular formula is C12H8N4O4. The lowest BCUT2D eigenvalue weighted by Crippen LogP contribution is -2.20. The second-order valence-electron chi connectivity index (χ2n) is 4.08. The van der Waals surface area contributed by atoms with Crippen LogP contribution in [0.1, 0.15) is 10.5 Å². The van der Waals surface area contributed by atoms with E-state index in [9.17, 15) is 14.7 Å². The third kappa shape index (κ3) is 1.79. The number of hydrogen-bond donors (Lipinski definition) is 3. The molecule has 0 aliphatic heterocycles. The van der Waals surface area contributed by atoms with Gasteiger partial charge >= 0.3 is 5.97 Å². The Bertz CT molecular complexity index is 881. The van der Waals surface area contributed by atoms with Crippen LogP contribution in [0.2, 0.25) is 0 Å². The van der Waals surface area contributed by atoms with Crippen molar-refractivity contribution in [1.29, 1.82) is 0 Å². The van der Waals surface area contributed by atoms with E-state index in [4.69, 9.17) is 5.11 Å². The van der Waals surface area contributed by atoms with E-state index in [1.807, 2.05) is 0 Å². The summed E-state index contributed by atoms with van der Waals surface area (Å²) in [6.07, 6.45) is 2.66. The molecule has 0 amide bonds. The Morgan fingerprint density at radius 1 is 1.35 bits per heavy atom. The van der Waals surface area contributed by atoms with Crippen LogP contribution in [0.25, 0.3) is 16.6 Å². The molecule has 8 nitrogen and oxygen atoms in total. The zero-order valence-electron chi connectivity index (χ0n) is 9.94. The van der Waals surface area contributed by atoms with E-state index in [0.29, 0.717) is 5.69 Å². The standard InChI is InChI=1S/C12H8N4O4/c17-9-5-16(15-10(11(9)18)12(19)20)7-1-2-8-6(3-7)4-13-14-8/h1-5,17H,(H,13,14)(H,19,20). The van der Waals surface area contributed by atoms with Gasteiger partial charge in [-0.1, -0.05) is 0 Å². The van der Waals surface area contributed by atoms with Gasteiger partial charge in [0, 0.05) is 5.39 Å². The first-order chi connectivity index (χ1) is 9.56. The SMILES string of the molecule is O=C(O)c1nn(-c2ccc3[nH]ncc3c2)cc(O)c1=O. The molecular weight excluding hydrogens is 264 g/mol. The zero-order chi connectivity index (χ0) is 14.3. The summed E-state index contributed by atoms with van der Waals surface area (Å²) in [5.74, 6) is -2.17. The van der Waals surface area contributed by atoms with Gasteiger partial charge in [-0.15, -0.1) is 0 Å². The highest BCUT2D eigenvalue weighted by atomic mass is 16.4. The van der Waals surface area contributed by atoms with Crippen molar-refractivity contribution in [2.45, 2.75) is 0 Å². The lowest BCUT2D eigenvalue weighted by Gasteiger charge is -2.06. The van der Waals surface area contributed by atoms with Crippen LogP contribution in [-0.4, -0.2) is 36.2 Å². The van der Waals surface area contributed by atoms with Crippen molar-refractivity contribution in [3.05, 3.63) is 46.5 Å². The Hall–Kier alpha value is -3.16. The minimum Gasteiger partial charge on any atom is -0.503 e. The maximum atomic E-state index is 11.4. The van der Waals surface area contributed by atoms with Crippen molar-refractivity contribution in [1.82, 2.24) is 20.0 Å². The maximum absolute atomic E-state index is 11.4. The molecule has 0 spiro atoms. The Kier molecular flexibility index (Phi) is 2.50.